The molecule has 3 N–H and O–H groups in total. The first-order valence-corrected chi connectivity index (χ1v) is 9.57. The van der Waals surface area contributed by atoms with Crippen LogP contribution in [0.3, 0.4) is 0 Å². The van der Waals surface area contributed by atoms with E-state index in [4.69, 9.17) is 6.11 Å². The average molecular weight is 408 g/mol. The number of ether oxygens (including phenoxy) is 1. The Morgan fingerprint density at radius 1 is 1.00 bits per heavy atom. The number of esters is 1. The largest absolute Gasteiger partial charge is 0.467 e. The number of amides is 2. The highest BCUT2D eigenvalue weighted by atomic mass is 16.5. The molecule has 0 saturated carbocycles. The van der Waals surface area contributed by atoms with E-state index in [-0.39, 0.29) is 12.8 Å². The molecule has 0 radical (unpaired) electrons. The zero-order valence-corrected chi connectivity index (χ0v) is 16.7. The summed E-state index contributed by atoms with van der Waals surface area (Å²) in [6.45, 7) is -0.498. The minimum Gasteiger partial charge on any atom is -0.467 e. The summed E-state index contributed by atoms with van der Waals surface area (Å²) in [4.78, 5) is 40.4. The molecule has 0 fully saturated rings. The van der Waals surface area contributed by atoms with E-state index in [1.165, 1.54) is 7.11 Å². The number of para-hydroxylation sites is 1. The van der Waals surface area contributed by atoms with E-state index < -0.39 is 36.8 Å². The zero-order chi connectivity index (χ0) is 22.2. The van der Waals surface area contributed by atoms with Crippen LogP contribution < -0.4 is 10.6 Å². The SMILES string of the molecule is [2H]CC(=O)N[C@@H](Cc1c[nH]c2ccccc12)C(=O)N[C@@H](Cc1ccccc1)C(=O)OC. The molecule has 156 valence electrons. The van der Waals surface area contributed by atoms with Gasteiger partial charge in [-0.15, -0.1) is 0 Å². The van der Waals surface area contributed by atoms with Gasteiger partial charge in [0, 0.05) is 38.2 Å². The molecule has 30 heavy (non-hydrogen) atoms. The minimum atomic E-state index is -0.944. The second-order valence-electron chi connectivity index (χ2n) is 6.96. The molecule has 0 saturated heterocycles. The van der Waals surface area contributed by atoms with Crippen LogP contribution in [0.4, 0.5) is 0 Å². The van der Waals surface area contributed by atoms with Crippen molar-refractivity contribution < 1.29 is 20.5 Å². The van der Waals surface area contributed by atoms with E-state index in [0.717, 1.165) is 22.0 Å². The fraction of sp³-hybridized carbons (Fsp3) is 0.261. The van der Waals surface area contributed by atoms with Crippen molar-refractivity contribution in [3.63, 3.8) is 0 Å². The maximum Gasteiger partial charge on any atom is 0.328 e. The highest BCUT2D eigenvalue weighted by molar-refractivity contribution is 5.91. The summed E-state index contributed by atoms with van der Waals surface area (Å²) in [6, 6.07) is 15.1. The van der Waals surface area contributed by atoms with Crippen molar-refractivity contribution in [3.05, 3.63) is 71.9 Å². The van der Waals surface area contributed by atoms with E-state index >= 15 is 0 Å². The lowest BCUT2D eigenvalue weighted by Gasteiger charge is -2.22. The lowest BCUT2D eigenvalue weighted by atomic mass is 10.0. The number of carbonyl (C=O) groups excluding carboxylic acids is 3. The third-order valence-electron chi connectivity index (χ3n) is 4.84. The molecule has 0 aliphatic carbocycles. The highest BCUT2D eigenvalue weighted by Gasteiger charge is 2.27. The molecule has 0 aliphatic rings. The number of rotatable bonds is 8. The van der Waals surface area contributed by atoms with Crippen molar-refractivity contribution in [1.82, 2.24) is 15.6 Å². The summed E-state index contributed by atoms with van der Waals surface area (Å²) in [5.74, 6) is -1.66. The summed E-state index contributed by atoms with van der Waals surface area (Å²) in [6.07, 6.45) is 2.26. The van der Waals surface area contributed by atoms with Crippen molar-refractivity contribution in [2.45, 2.75) is 31.8 Å². The quantitative estimate of drug-likeness (QED) is 0.497. The molecule has 2 atom stereocenters. The normalized spacial score (nSPS) is 13.2. The fourth-order valence-electron chi connectivity index (χ4n) is 3.38. The van der Waals surface area contributed by atoms with Crippen LogP contribution in [-0.4, -0.2) is 42.0 Å². The van der Waals surface area contributed by atoms with Crippen molar-refractivity contribution in [1.29, 1.82) is 0 Å². The number of carbonyl (C=O) groups is 3. The Kier molecular flexibility index (Phi) is 6.39. The maximum absolute atomic E-state index is 13.1. The van der Waals surface area contributed by atoms with Crippen molar-refractivity contribution in [2.75, 3.05) is 7.11 Å². The number of aromatic nitrogens is 1. The standard InChI is InChI=1S/C23H25N3O4/c1-15(27)25-20(13-17-14-24-19-11-7-6-10-18(17)19)22(28)26-21(23(29)30-2)12-16-8-4-3-5-9-16/h3-11,14,20-21,24H,12-13H2,1-2H3,(H,25,27)(H,26,28)/t20-,21-/m0/s1/i1D. The Balaban J connectivity index is 1.80. The zero-order valence-electron chi connectivity index (χ0n) is 17.7. The van der Waals surface area contributed by atoms with E-state index in [2.05, 4.69) is 15.6 Å². The molecule has 0 bridgehead atoms. The smallest absolute Gasteiger partial charge is 0.328 e. The predicted octanol–water partition coefficient (Wildman–Crippen LogP) is 2.12. The number of benzene rings is 2. The Morgan fingerprint density at radius 3 is 2.47 bits per heavy atom. The van der Waals surface area contributed by atoms with E-state index in [1.54, 1.807) is 6.20 Å². The monoisotopic (exact) mass is 408 g/mol. The van der Waals surface area contributed by atoms with Crippen LogP contribution in [0.2, 0.25) is 0 Å². The van der Waals surface area contributed by atoms with Gasteiger partial charge in [0.05, 0.1) is 7.11 Å². The second kappa shape index (κ2) is 9.73. The number of H-pyrrole nitrogens is 1. The molecular weight excluding hydrogens is 382 g/mol. The summed E-state index contributed by atoms with van der Waals surface area (Å²) in [7, 11) is 1.26. The Morgan fingerprint density at radius 2 is 1.73 bits per heavy atom. The van der Waals surface area contributed by atoms with Crippen LogP contribution in [0.25, 0.3) is 10.9 Å². The van der Waals surface area contributed by atoms with Crippen molar-refractivity contribution in [2.24, 2.45) is 0 Å². The van der Waals surface area contributed by atoms with E-state index in [1.807, 2.05) is 54.6 Å². The first-order valence-electron chi connectivity index (χ1n) is 10.3. The lowest BCUT2D eigenvalue weighted by molar-refractivity contribution is -0.145. The third-order valence-corrected chi connectivity index (χ3v) is 4.84. The first-order chi connectivity index (χ1) is 15.0. The molecule has 2 aromatic carbocycles. The predicted molar refractivity (Wildman–Crippen MR) is 114 cm³/mol. The molecule has 0 spiro atoms. The van der Waals surface area contributed by atoms with Crippen molar-refractivity contribution >= 4 is 28.7 Å². The molecule has 0 aliphatic heterocycles. The summed E-state index contributed by atoms with van der Waals surface area (Å²) in [5, 5.41) is 6.24. The second-order valence-corrected chi connectivity index (χ2v) is 6.96. The number of methoxy groups -OCH3 is 1. The van der Waals surface area contributed by atoms with Gasteiger partial charge in [-0.2, -0.15) is 0 Å². The average Bonchev–Trinajstić information content (AvgIpc) is 3.21. The lowest BCUT2D eigenvalue weighted by Crippen LogP contribution is -2.53. The van der Waals surface area contributed by atoms with Gasteiger partial charge in [-0.1, -0.05) is 48.5 Å². The Bertz CT molecular complexity index is 1050. The van der Waals surface area contributed by atoms with Gasteiger partial charge in [-0.05, 0) is 17.2 Å². The highest BCUT2D eigenvalue weighted by Crippen LogP contribution is 2.19. The Hall–Kier alpha value is -3.61. The third kappa shape index (κ3) is 5.26. The van der Waals surface area contributed by atoms with Gasteiger partial charge in [0.25, 0.3) is 0 Å². The summed E-state index contributed by atoms with van der Waals surface area (Å²) < 4.78 is 12.1. The molecule has 0 unspecified atom stereocenters. The molecule has 1 heterocycles. The van der Waals surface area contributed by atoms with Gasteiger partial charge in [0.15, 0.2) is 0 Å². The van der Waals surface area contributed by atoms with Crippen LogP contribution in [0.15, 0.2) is 60.8 Å². The van der Waals surface area contributed by atoms with Gasteiger partial charge >= 0.3 is 5.97 Å². The summed E-state index contributed by atoms with van der Waals surface area (Å²) in [5.41, 5.74) is 2.63. The van der Waals surface area contributed by atoms with E-state index in [0.29, 0.717) is 0 Å². The number of nitrogens with one attached hydrogen (secondary N) is 3. The molecule has 1 aromatic heterocycles. The van der Waals surface area contributed by atoms with Gasteiger partial charge in [0.2, 0.25) is 11.8 Å². The van der Waals surface area contributed by atoms with Crippen LogP contribution in [-0.2, 0) is 32.0 Å². The molecule has 7 nitrogen and oxygen atoms in total. The van der Waals surface area contributed by atoms with Gasteiger partial charge in [-0.3, -0.25) is 9.59 Å². The molecular formula is C23H25N3O4. The van der Waals surface area contributed by atoms with Gasteiger partial charge in [0.1, 0.15) is 12.1 Å². The fourth-order valence-corrected chi connectivity index (χ4v) is 3.38. The molecule has 3 rings (SSSR count). The topological polar surface area (TPSA) is 100 Å². The van der Waals surface area contributed by atoms with Crippen LogP contribution in [0, 0.1) is 0 Å². The maximum atomic E-state index is 13.1. The molecule has 2 amide bonds. The first kappa shape index (κ1) is 19.7. The van der Waals surface area contributed by atoms with Crippen LogP contribution >= 0.6 is 0 Å². The molecule has 3 aromatic rings. The number of hydrogen-bond donors (Lipinski definition) is 3. The summed E-state index contributed by atoms with van der Waals surface area (Å²) >= 11 is 0. The van der Waals surface area contributed by atoms with Crippen molar-refractivity contribution in [3.8, 4) is 0 Å². The van der Waals surface area contributed by atoms with Gasteiger partial charge < -0.3 is 20.4 Å². The molecule has 7 heteroatoms. The minimum absolute atomic E-state index is 0.209. The Labute approximate surface area is 176 Å². The van der Waals surface area contributed by atoms with Crippen LogP contribution in [0.5, 0.6) is 0 Å². The number of fused-ring (bicyclic) bond motifs is 1. The number of aromatic amines is 1. The van der Waals surface area contributed by atoms with E-state index in [9.17, 15) is 14.4 Å². The van der Waals surface area contributed by atoms with Crippen LogP contribution in [0.1, 0.15) is 19.4 Å². The van der Waals surface area contributed by atoms with Gasteiger partial charge in [-0.25, -0.2) is 4.79 Å². The number of hydrogen-bond acceptors (Lipinski definition) is 4.